The lowest BCUT2D eigenvalue weighted by atomic mass is 10.0. The van der Waals surface area contributed by atoms with Gasteiger partial charge in [-0.15, -0.1) is 0 Å². The second-order valence-corrected chi connectivity index (χ2v) is 3.58. The number of hydrogen-bond donors (Lipinski definition) is 1. The molecule has 0 bridgehead atoms. The van der Waals surface area contributed by atoms with Crippen LogP contribution in [-0.2, 0) is 4.79 Å². The highest BCUT2D eigenvalue weighted by Gasteiger charge is 2.12. The predicted molar refractivity (Wildman–Crippen MR) is 54.7 cm³/mol. The first kappa shape index (κ1) is 12.6. The van der Waals surface area contributed by atoms with E-state index in [2.05, 4.69) is 6.92 Å². The van der Waals surface area contributed by atoms with Crippen LogP contribution in [0.2, 0.25) is 0 Å². The van der Waals surface area contributed by atoms with E-state index >= 15 is 0 Å². The summed E-state index contributed by atoms with van der Waals surface area (Å²) in [6.45, 7) is 4.13. The number of unbranched alkanes of at least 4 members (excludes halogenated alkanes) is 3. The van der Waals surface area contributed by atoms with Crippen molar-refractivity contribution in [3.05, 3.63) is 0 Å². The maximum absolute atomic E-state index is 11.2. The lowest BCUT2D eigenvalue weighted by Gasteiger charge is -2.07. The molecule has 0 spiro atoms. The van der Waals surface area contributed by atoms with Gasteiger partial charge < -0.3 is 5.11 Å². The van der Waals surface area contributed by atoms with Crippen LogP contribution in [-0.4, -0.2) is 17.0 Å². The highest BCUT2D eigenvalue weighted by molar-refractivity contribution is 5.82. The van der Waals surface area contributed by atoms with Crippen molar-refractivity contribution in [2.24, 2.45) is 0 Å². The molecular weight excluding hydrogens is 164 g/mol. The molecule has 0 aromatic rings. The standard InChI is InChI=1S/C11H22O2/c1-3-5-6-7-9-11(13)10(12)8-4-2/h10,12H,3-9H2,1-2H3. The molecule has 2 heteroatoms. The van der Waals surface area contributed by atoms with E-state index in [9.17, 15) is 9.90 Å². The summed E-state index contributed by atoms with van der Waals surface area (Å²) in [5.74, 6) is 0.0259. The first-order valence-corrected chi connectivity index (χ1v) is 5.43. The quantitative estimate of drug-likeness (QED) is 0.592. The molecule has 1 unspecified atom stereocenters. The molecule has 0 heterocycles. The van der Waals surface area contributed by atoms with E-state index in [4.69, 9.17) is 0 Å². The number of carbonyl (C=O) groups is 1. The largest absolute Gasteiger partial charge is 0.385 e. The van der Waals surface area contributed by atoms with Crippen LogP contribution in [0.25, 0.3) is 0 Å². The number of aliphatic hydroxyl groups excluding tert-OH is 1. The Morgan fingerprint density at radius 1 is 1.15 bits per heavy atom. The molecule has 13 heavy (non-hydrogen) atoms. The summed E-state index contributed by atoms with van der Waals surface area (Å²) < 4.78 is 0. The Morgan fingerprint density at radius 3 is 2.38 bits per heavy atom. The molecule has 1 N–H and O–H groups in total. The Morgan fingerprint density at radius 2 is 1.85 bits per heavy atom. The third kappa shape index (κ3) is 6.76. The molecule has 0 amide bonds. The van der Waals surface area contributed by atoms with Gasteiger partial charge in [0, 0.05) is 6.42 Å². The van der Waals surface area contributed by atoms with E-state index in [-0.39, 0.29) is 5.78 Å². The van der Waals surface area contributed by atoms with Crippen molar-refractivity contribution in [2.45, 2.75) is 64.9 Å². The van der Waals surface area contributed by atoms with Gasteiger partial charge in [-0.2, -0.15) is 0 Å². The minimum absolute atomic E-state index is 0.0259. The van der Waals surface area contributed by atoms with Crippen molar-refractivity contribution in [3.8, 4) is 0 Å². The summed E-state index contributed by atoms with van der Waals surface area (Å²) in [5.41, 5.74) is 0. The zero-order valence-corrected chi connectivity index (χ0v) is 8.88. The summed E-state index contributed by atoms with van der Waals surface area (Å²) in [4.78, 5) is 11.2. The molecule has 0 aromatic heterocycles. The first-order valence-electron chi connectivity index (χ1n) is 5.43. The van der Waals surface area contributed by atoms with Crippen molar-refractivity contribution in [2.75, 3.05) is 0 Å². The average molecular weight is 186 g/mol. The van der Waals surface area contributed by atoms with Gasteiger partial charge in [0.1, 0.15) is 6.10 Å². The molecule has 0 aliphatic rings. The van der Waals surface area contributed by atoms with E-state index in [1.54, 1.807) is 0 Å². The molecule has 1 atom stereocenters. The minimum Gasteiger partial charge on any atom is -0.385 e. The van der Waals surface area contributed by atoms with Crippen molar-refractivity contribution < 1.29 is 9.90 Å². The molecule has 0 fully saturated rings. The van der Waals surface area contributed by atoms with Crippen LogP contribution < -0.4 is 0 Å². The smallest absolute Gasteiger partial charge is 0.161 e. The number of aliphatic hydroxyl groups is 1. The molecule has 2 nitrogen and oxygen atoms in total. The van der Waals surface area contributed by atoms with E-state index in [0.29, 0.717) is 12.8 Å². The Labute approximate surface area is 81.3 Å². The van der Waals surface area contributed by atoms with Gasteiger partial charge in [-0.1, -0.05) is 39.5 Å². The SMILES string of the molecule is CCCCCCC(=O)C(O)CCC. The van der Waals surface area contributed by atoms with Gasteiger partial charge in [0.25, 0.3) is 0 Å². The summed E-state index contributed by atoms with van der Waals surface area (Å²) in [6, 6.07) is 0. The van der Waals surface area contributed by atoms with Crippen LogP contribution in [0.4, 0.5) is 0 Å². The summed E-state index contributed by atoms with van der Waals surface area (Å²) >= 11 is 0. The van der Waals surface area contributed by atoms with Crippen LogP contribution in [0.3, 0.4) is 0 Å². The second kappa shape index (κ2) is 8.24. The fourth-order valence-corrected chi connectivity index (χ4v) is 1.33. The number of carbonyl (C=O) groups excluding carboxylic acids is 1. The van der Waals surface area contributed by atoms with Crippen molar-refractivity contribution in [1.29, 1.82) is 0 Å². The molecule has 0 radical (unpaired) electrons. The molecule has 78 valence electrons. The van der Waals surface area contributed by atoms with E-state index in [1.807, 2.05) is 6.92 Å². The van der Waals surface area contributed by atoms with Gasteiger partial charge >= 0.3 is 0 Å². The molecule has 0 saturated carbocycles. The van der Waals surface area contributed by atoms with Crippen LogP contribution in [0.15, 0.2) is 0 Å². The van der Waals surface area contributed by atoms with Crippen molar-refractivity contribution in [3.63, 3.8) is 0 Å². The zero-order valence-electron chi connectivity index (χ0n) is 8.88. The fraction of sp³-hybridized carbons (Fsp3) is 0.909. The van der Waals surface area contributed by atoms with Gasteiger partial charge in [-0.25, -0.2) is 0 Å². The number of rotatable bonds is 8. The molecule has 0 rings (SSSR count). The van der Waals surface area contributed by atoms with E-state index in [0.717, 1.165) is 19.3 Å². The molecule has 0 aliphatic carbocycles. The van der Waals surface area contributed by atoms with Gasteiger partial charge in [0.2, 0.25) is 0 Å². The lowest BCUT2D eigenvalue weighted by molar-refractivity contribution is -0.127. The van der Waals surface area contributed by atoms with Crippen LogP contribution in [0.1, 0.15) is 58.8 Å². The second-order valence-electron chi connectivity index (χ2n) is 3.58. The first-order chi connectivity index (χ1) is 6.22. The van der Waals surface area contributed by atoms with Gasteiger partial charge in [-0.05, 0) is 12.8 Å². The number of Topliss-reactive ketones (excluding diaryl/α,β-unsaturated/α-hetero) is 1. The molecule has 0 aromatic carbocycles. The van der Waals surface area contributed by atoms with Gasteiger partial charge in [-0.3, -0.25) is 4.79 Å². The highest BCUT2D eigenvalue weighted by atomic mass is 16.3. The lowest BCUT2D eigenvalue weighted by Crippen LogP contribution is -2.19. The van der Waals surface area contributed by atoms with Crippen molar-refractivity contribution >= 4 is 5.78 Å². The predicted octanol–water partition coefficient (Wildman–Crippen LogP) is 2.69. The van der Waals surface area contributed by atoms with Crippen molar-refractivity contribution in [1.82, 2.24) is 0 Å². The van der Waals surface area contributed by atoms with Crippen LogP contribution >= 0.6 is 0 Å². The fourth-order valence-electron chi connectivity index (χ4n) is 1.33. The monoisotopic (exact) mass is 186 g/mol. The van der Waals surface area contributed by atoms with Crippen LogP contribution in [0, 0.1) is 0 Å². The summed E-state index contributed by atoms with van der Waals surface area (Å²) in [6.07, 6.45) is 5.78. The third-order valence-electron chi connectivity index (χ3n) is 2.21. The van der Waals surface area contributed by atoms with E-state index < -0.39 is 6.10 Å². The Balaban J connectivity index is 3.38. The maximum atomic E-state index is 11.2. The Bertz CT molecular complexity index is 132. The number of ketones is 1. The minimum atomic E-state index is -0.702. The van der Waals surface area contributed by atoms with Crippen LogP contribution in [0.5, 0.6) is 0 Å². The average Bonchev–Trinajstić information content (AvgIpc) is 2.12. The third-order valence-corrected chi connectivity index (χ3v) is 2.21. The summed E-state index contributed by atoms with van der Waals surface area (Å²) in [7, 11) is 0. The van der Waals surface area contributed by atoms with Gasteiger partial charge in [0.15, 0.2) is 5.78 Å². The normalized spacial score (nSPS) is 12.8. The molecule has 0 aliphatic heterocycles. The topological polar surface area (TPSA) is 37.3 Å². The highest BCUT2D eigenvalue weighted by Crippen LogP contribution is 2.07. The molecular formula is C11H22O2. The number of hydrogen-bond acceptors (Lipinski definition) is 2. The maximum Gasteiger partial charge on any atom is 0.161 e. The molecule has 0 saturated heterocycles. The van der Waals surface area contributed by atoms with Gasteiger partial charge in [0.05, 0.1) is 0 Å². The Kier molecular flexibility index (Phi) is 8.00. The Hall–Kier alpha value is -0.370. The summed E-state index contributed by atoms with van der Waals surface area (Å²) in [5, 5.41) is 9.32. The zero-order chi connectivity index (χ0) is 10.1. The van der Waals surface area contributed by atoms with E-state index in [1.165, 1.54) is 12.8 Å².